The van der Waals surface area contributed by atoms with Crippen LogP contribution in [-0.4, -0.2) is 36.7 Å². The average molecular weight is 275 g/mol. The van der Waals surface area contributed by atoms with Crippen molar-refractivity contribution in [2.75, 3.05) is 19.7 Å². The van der Waals surface area contributed by atoms with E-state index in [0.717, 1.165) is 10.5 Å². The number of halogens is 3. The zero-order valence-corrected chi connectivity index (χ0v) is 10.6. The van der Waals surface area contributed by atoms with E-state index in [2.05, 4.69) is 4.74 Å². The Morgan fingerprint density at radius 3 is 2.42 bits per heavy atom. The first kappa shape index (κ1) is 15.5. The van der Waals surface area contributed by atoms with E-state index >= 15 is 0 Å². The number of hydrogen-bond acceptors (Lipinski definition) is 3. The van der Waals surface area contributed by atoms with Crippen LogP contribution < -0.4 is 0 Å². The highest BCUT2D eigenvalue weighted by atomic mass is 19.4. The summed E-state index contributed by atoms with van der Waals surface area (Å²) in [6, 6.07) is 8.70. The second-order valence-electron chi connectivity index (χ2n) is 4.05. The van der Waals surface area contributed by atoms with Crippen molar-refractivity contribution in [3.63, 3.8) is 0 Å². The van der Waals surface area contributed by atoms with Crippen LogP contribution in [0.5, 0.6) is 0 Å². The largest absolute Gasteiger partial charge is 0.465 e. The van der Waals surface area contributed by atoms with Crippen molar-refractivity contribution in [2.24, 2.45) is 0 Å². The van der Waals surface area contributed by atoms with Gasteiger partial charge >= 0.3 is 12.1 Å². The average Bonchev–Trinajstić information content (AvgIpc) is 2.28. The Labute approximate surface area is 110 Å². The third-order valence-electron chi connectivity index (χ3n) is 2.31. The molecule has 0 saturated carbocycles. The summed E-state index contributed by atoms with van der Waals surface area (Å²) in [4.78, 5) is 12.3. The smallest absolute Gasteiger partial charge is 0.401 e. The van der Waals surface area contributed by atoms with Crippen molar-refractivity contribution < 1.29 is 22.7 Å². The molecule has 0 N–H and O–H groups in total. The van der Waals surface area contributed by atoms with Gasteiger partial charge in [0.1, 0.15) is 0 Å². The molecule has 0 aliphatic carbocycles. The number of alkyl halides is 3. The molecule has 19 heavy (non-hydrogen) atoms. The zero-order chi connectivity index (χ0) is 14.3. The molecule has 1 rings (SSSR count). The molecule has 0 radical (unpaired) electrons. The molecule has 0 aromatic heterocycles. The van der Waals surface area contributed by atoms with Crippen LogP contribution in [0.25, 0.3) is 0 Å². The molecule has 0 aliphatic rings. The molecule has 1 aromatic rings. The molecular weight excluding hydrogens is 259 g/mol. The Kier molecular flexibility index (Phi) is 5.82. The van der Waals surface area contributed by atoms with Gasteiger partial charge in [0.25, 0.3) is 0 Å². The van der Waals surface area contributed by atoms with Crippen LogP contribution in [0.3, 0.4) is 0 Å². The molecule has 0 saturated heterocycles. The normalized spacial score (nSPS) is 11.6. The maximum Gasteiger partial charge on any atom is 0.401 e. The topological polar surface area (TPSA) is 29.5 Å². The number of esters is 1. The molecule has 3 nitrogen and oxygen atoms in total. The summed E-state index contributed by atoms with van der Waals surface area (Å²) in [6.45, 7) is 0.315. The maximum atomic E-state index is 12.5. The Morgan fingerprint density at radius 1 is 1.26 bits per heavy atom. The van der Waals surface area contributed by atoms with Crippen molar-refractivity contribution in [1.29, 1.82) is 0 Å². The van der Waals surface area contributed by atoms with Crippen LogP contribution in [0.15, 0.2) is 30.3 Å². The summed E-state index contributed by atoms with van der Waals surface area (Å²) >= 11 is 0. The number of carbonyl (C=O) groups excluding carboxylic acids is 1. The Bertz CT molecular complexity index is 393. The standard InChI is InChI=1S/C13H16F3NO2/c1-2-19-12(18)9-17(10-13(14,15)16)8-11-6-4-3-5-7-11/h3-7H,2,8-10H2,1H3. The van der Waals surface area contributed by atoms with Crippen molar-refractivity contribution in [1.82, 2.24) is 4.90 Å². The van der Waals surface area contributed by atoms with Crippen LogP contribution >= 0.6 is 0 Å². The first-order valence-corrected chi connectivity index (χ1v) is 5.89. The van der Waals surface area contributed by atoms with Gasteiger partial charge in [-0.1, -0.05) is 30.3 Å². The first-order valence-electron chi connectivity index (χ1n) is 5.89. The van der Waals surface area contributed by atoms with Crippen LogP contribution in [0.2, 0.25) is 0 Å². The monoisotopic (exact) mass is 275 g/mol. The van der Waals surface area contributed by atoms with Crippen molar-refractivity contribution in [3.05, 3.63) is 35.9 Å². The number of ether oxygens (including phenoxy) is 1. The van der Waals surface area contributed by atoms with Gasteiger partial charge in [0, 0.05) is 6.54 Å². The fourth-order valence-corrected chi connectivity index (χ4v) is 1.65. The molecular formula is C13H16F3NO2. The summed E-state index contributed by atoms with van der Waals surface area (Å²) in [7, 11) is 0. The molecule has 6 heteroatoms. The van der Waals surface area contributed by atoms with E-state index in [9.17, 15) is 18.0 Å². The van der Waals surface area contributed by atoms with E-state index < -0.39 is 18.7 Å². The lowest BCUT2D eigenvalue weighted by Crippen LogP contribution is -2.38. The molecule has 0 aliphatic heterocycles. The summed E-state index contributed by atoms with van der Waals surface area (Å²) < 4.78 is 42.0. The van der Waals surface area contributed by atoms with E-state index in [0.29, 0.717) is 0 Å². The summed E-state index contributed by atoms with van der Waals surface area (Å²) in [5.41, 5.74) is 0.719. The van der Waals surface area contributed by atoms with E-state index in [4.69, 9.17) is 0 Å². The predicted molar refractivity (Wildman–Crippen MR) is 64.4 cm³/mol. The van der Waals surface area contributed by atoms with Gasteiger partial charge in [0.15, 0.2) is 0 Å². The number of benzene rings is 1. The second-order valence-corrected chi connectivity index (χ2v) is 4.05. The van der Waals surface area contributed by atoms with Crippen LogP contribution in [-0.2, 0) is 16.1 Å². The molecule has 0 fully saturated rings. The van der Waals surface area contributed by atoms with E-state index in [1.54, 1.807) is 37.3 Å². The lowest BCUT2D eigenvalue weighted by Gasteiger charge is -2.22. The molecule has 0 amide bonds. The fourth-order valence-electron chi connectivity index (χ4n) is 1.65. The van der Waals surface area contributed by atoms with Crippen molar-refractivity contribution in [2.45, 2.75) is 19.6 Å². The summed E-state index contributed by atoms with van der Waals surface area (Å²) in [6.07, 6.45) is -4.35. The highest BCUT2D eigenvalue weighted by Gasteiger charge is 2.31. The number of hydrogen-bond donors (Lipinski definition) is 0. The minimum absolute atomic E-state index is 0.0547. The fraction of sp³-hybridized carbons (Fsp3) is 0.462. The lowest BCUT2D eigenvalue weighted by molar-refractivity contribution is -0.157. The third-order valence-corrected chi connectivity index (χ3v) is 2.31. The number of nitrogens with zero attached hydrogens (tertiary/aromatic N) is 1. The van der Waals surface area contributed by atoms with Gasteiger partial charge in [-0.15, -0.1) is 0 Å². The molecule has 0 heterocycles. The summed E-state index contributed by atoms with van der Waals surface area (Å²) in [5.74, 6) is -0.650. The minimum Gasteiger partial charge on any atom is -0.465 e. The SMILES string of the molecule is CCOC(=O)CN(Cc1ccccc1)CC(F)(F)F. The molecule has 0 spiro atoms. The molecule has 0 atom stereocenters. The lowest BCUT2D eigenvalue weighted by atomic mass is 10.2. The molecule has 106 valence electrons. The van der Waals surface area contributed by atoms with E-state index in [-0.39, 0.29) is 19.7 Å². The minimum atomic E-state index is -4.35. The summed E-state index contributed by atoms with van der Waals surface area (Å²) in [5, 5.41) is 0. The highest BCUT2D eigenvalue weighted by molar-refractivity contribution is 5.71. The quantitative estimate of drug-likeness (QED) is 0.747. The Balaban J connectivity index is 2.66. The molecule has 0 bridgehead atoms. The van der Waals surface area contributed by atoms with Crippen molar-refractivity contribution >= 4 is 5.97 Å². The van der Waals surface area contributed by atoms with Gasteiger partial charge in [-0.05, 0) is 12.5 Å². The van der Waals surface area contributed by atoms with Gasteiger partial charge in [-0.2, -0.15) is 13.2 Å². The molecule has 1 aromatic carbocycles. The first-order chi connectivity index (χ1) is 8.90. The van der Waals surface area contributed by atoms with Gasteiger partial charge < -0.3 is 4.74 Å². The Hall–Kier alpha value is -1.56. The highest BCUT2D eigenvalue weighted by Crippen LogP contribution is 2.18. The second kappa shape index (κ2) is 7.13. The van der Waals surface area contributed by atoms with Gasteiger partial charge in [0.2, 0.25) is 0 Å². The van der Waals surface area contributed by atoms with Gasteiger partial charge in [-0.25, -0.2) is 0 Å². The number of carbonyl (C=O) groups is 1. The van der Waals surface area contributed by atoms with Crippen LogP contribution in [0, 0.1) is 0 Å². The Morgan fingerprint density at radius 2 is 1.89 bits per heavy atom. The maximum absolute atomic E-state index is 12.5. The third kappa shape index (κ3) is 6.81. The van der Waals surface area contributed by atoms with E-state index in [1.165, 1.54) is 0 Å². The zero-order valence-electron chi connectivity index (χ0n) is 10.6. The molecule has 0 unspecified atom stereocenters. The van der Waals surface area contributed by atoms with Crippen LogP contribution in [0.4, 0.5) is 13.2 Å². The number of rotatable bonds is 6. The van der Waals surface area contributed by atoms with Crippen molar-refractivity contribution in [3.8, 4) is 0 Å². The van der Waals surface area contributed by atoms with Crippen LogP contribution in [0.1, 0.15) is 12.5 Å². The predicted octanol–water partition coefficient (Wildman–Crippen LogP) is 2.61. The van der Waals surface area contributed by atoms with E-state index in [1.807, 2.05) is 0 Å². The van der Waals surface area contributed by atoms with Gasteiger partial charge in [0.05, 0.1) is 19.7 Å². The van der Waals surface area contributed by atoms with Gasteiger partial charge in [-0.3, -0.25) is 9.69 Å².